The molecule has 1 aromatic carbocycles. The van der Waals surface area contributed by atoms with E-state index in [4.69, 9.17) is 4.74 Å². The number of nitrogens with zero attached hydrogens (tertiary/aromatic N) is 1. The molecule has 0 saturated carbocycles. The molecule has 0 fully saturated rings. The van der Waals surface area contributed by atoms with Crippen molar-refractivity contribution in [1.29, 1.82) is 0 Å². The molecule has 5 nitrogen and oxygen atoms in total. The zero-order valence-corrected chi connectivity index (χ0v) is 13.6. The van der Waals surface area contributed by atoms with Crippen molar-refractivity contribution in [2.24, 2.45) is 0 Å². The Hall–Kier alpha value is -2.95. The number of carbonyl (C=O) groups is 2. The number of ether oxygens (including phenoxy) is 1. The van der Waals surface area contributed by atoms with Gasteiger partial charge in [-0.2, -0.15) is 0 Å². The highest BCUT2D eigenvalue weighted by molar-refractivity contribution is 6.01. The highest BCUT2D eigenvalue weighted by Crippen LogP contribution is 2.12. The highest BCUT2D eigenvalue weighted by atomic mass is 16.5. The van der Waals surface area contributed by atoms with Crippen molar-refractivity contribution in [3.63, 3.8) is 0 Å². The van der Waals surface area contributed by atoms with E-state index in [9.17, 15) is 9.59 Å². The van der Waals surface area contributed by atoms with Gasteiger partial charge >= 0.3 is 5.97 Å². The second-order valence-corrected chi connectivity index (χ2v) is 5.11. The lowest BCUT2D eigenvalue weighted by molar-refractivity contribution is -0.143. The number of hydrogen-bond donors (Lipinski definition) is 1. The lowest BCUT2D eigenvalue weighted by atomic mass is 10.1. The molecule has 1 heterocycles. The van der Waals surface area contributed by atoms with Crippen LogP contribution in [-0.4, -0.2) is 23.5 Å². The van der Waals surface area contributed by atoms with E-state index in [-0.39, 0.29) is 11.9 Å². The van der Waals surface area contributed by atoms with Crippen LogP contribution in [0.3, 0.4) is 0 Å². The zero-order chi connectivity index (χ0) is 17.2. The van der Waals surface area contributed by atoms with E-state index in [1.54, 1.807) is 25.4 Å². The van der Waals surface area contributed by atoms with Crippen molar-refractivity contribution in [2.45, 2.75) is 19.8 Å². The number of aryl methyl sites for hydroxylation is 1. The minimum absolute atomic E-state index is 0.198. The number of anilines is 1. The van der Waals surface area contributed by atoms with Crippen LogP contribution in [0.1, 0.15) is 24.5 Å². The van der Waals surface area contributed by atoms with Crippen molar-refractivity contribution < 1.29 is 14.3 Å². The van der Waals surface area contributed by atoms with Crippen LogP contribution in [0.4, 0.5) is 5.69 Å². The normalized spacial score (nSPS) is 10.5. The Labute approximate surface area is 141 Å². The van der Waals surface area contributed by atoms with Gasteiger partial charge in [0.25, 0.3) is 0 Å². The molecular weight excluding hydrogens is 304 g/mol. The van der Waals surface area contributed by atoms with E-state index in [2.05, 4.69) is 10.3 Å². The third kappa shape index (κ3) is 6.04. The largest absolute Gasteiger partial charge is 0.466 e. The summed E-state index contributed by atoms with van der Waals surface area (Å²) in [7, 11) is 0. The van der Waals surface area contributed by atoms with Gasteiger partial charge in [0.05, 0.1) is 6.61 Å². The fraction of sp³-hybridized carbons (Fsp3) is 0.211. The summed E-state index contributed by atoms with van der Waals surface area (Å²) < 4.78 is 4.90. The number of esters is 1. The van der Waals surface area contributed by atoms with E-state index in [0.717, 1.165) is 11.1 Å². The molecule has 1 amide bonds. The van der Waals surface area contributed by atoms with Crippen molar-refractivity contribution >= 4 is 23.6 Å². The Morgan fingerprint density at radius 2 is 1.83 bits per heavy atom. The fourth-order valence-electron chi connectivity index (χ4n) is 2.06. The van der Waals surface area contributed by atoms with Crippen molar-refractivity contribution in [3.05, 3.63) is 66.0 Å². The Morgan fingerprint density at radius 1 is 1.12 bits per heavy atom. The van der Waals surface area contributed by atoms with Gasteiger partial charge in [-0.1, -0.05) is 12.1 Å². The molecule has 0 aliphatic heterocycles. The molecule has 0 unspecified atom stereocenters. The first-order chi connectivity index (χ1) is 11.7. The molecule has 24 heavy (non-hydrogen) atoms. The predicted molar refractivity (Wildman–Crippen MR) is 93.3 cm³/mol. The van der Waals surface area contributed by atoms with Gasteiger partial charge in [0, 0.05) is 30.6 Å². The Morgan fingerprint density at radius 3 is 2.50 bits per heavy atom. The number of pyridine rings is 1. The summed E-state index contributed by atoms with van der Waals surface area (Å²) in [6, 6.07) is 11.1. The summed E-state index contributed by atoms with van der Waals surface area (Å²) in [6.07, 6.45) is 7.52. The second kappa shape index (κ2) is 9.25. The van der Waals surface area contributed by atoms with E-state index in [1.807, 2.05) is 36.4 Å². The first-order valence-corrected chi connectivity index (χ1v) is 7.81. The maximum Gasteiger partial charge on any atom is 0.306 e. The van der Waals surface area contributed by atoms with Crippen molar-refractivity contribution in [1.82, 2.24) is 4.98 Å². The average molecular weight is 324 g/mol. The maximum absolute atomic E-state index is 11.9. The first-order valence-electron chi connectivity index (χ1n) is 7.81. The van der Waals surface area contributed by atoms with Gasteiger partial charge in [-0.15, -0.1) is 0 Å². The quantitative estimate of drug-likeness (QED) is 0.627. The minimum Gasteiger partial charge on any atom is -0.466 e. The van der Waals surface area contributed by atoms with E-state index in [0.29, 0.717) is 25.1 Å². The summed E-state index contributed by atoms with van der Waals surface area (Å²) in [5.41, 5.74) is 2.64. The lowest BCUT2D eigenvalue weighted by Gasteiger charge is -2.05. The summed E-state index contributed by atoms with van der Waals surface area (Å²) in [4.78, 5) is 27.1. The molecule has 0 saturated heterocycles. The monoisotopic (exact) mass is 324 g/mol. The Balaban J connectivity index is 1.83. The number of aromatic nitrogens is 1. The van der Waals surface area contributed by atoms with Crippen LogP contribution in [0.5, 0.6) is 0 Å². The van der Waals surface area contributed by atoms with Crippen LogP contribution >= 0.6 is 0 Å². The molecule has 2 rings (SSSR count). The highest BCUT2D eigenvalue weighted by Gasteiger charge is 2.03. The molecule has 5 heteroatoms. The molecule has 0 aliphatic rings. The molecule has 0 radical (unpaired) electrons. The Bertz CT molecular complexity index is 694. The molecule has 2 aromatic rings. The summed E-state index contributed by atoms with van der Waals surface area (Å²) in [5, 5.41) is 2.79. The van der Waals surface area contributed by atoms with Crippen LogP contribution < -0.4 is 5.32 Å². The van der Waals surface area contributed by atoms with Gasteiger partial charge in [0.1, 0.15) is 0 Å². The van der Waals surface area contributed by atoms with Crippen LogP contribution in [0.15, 0.2) is 54.9 Å². The van der Waals surface area contributed by atoms with E-state index >= 15 is 0 Å². The summed E-state index contributed by atoms with van der Waals surface area (Å²) in [5.74, 6) is -0.401. The van der Waals surface area contributed by atoms with Gasteiger partial charge in [0.15, 0.2) is 0 Å². The Kier molecular flexibility index (Phi) is 6.71. The zero-order valence-electron chi connectivity index (χ0n) is 13.6. The fourth-order valence-corrected chi connectivity index (χ4v) is 2.06. The van der Waals surface area contributed by atoms with Crippen LogP contribution in [0.2, 0.25) is 0 Å². The number of hydrogen-bond acceptors (Lipinski definition) is 4. The van der Waals surface area contributed by atoms with E-state index in [1.165, 1.54) is 6.08 Å². The van der Waals surface area contributed by atoms with Gasteiger partial charge in [-0.05, 0) is 54.8 Å². The average Bonchev–Trinajstić information content (AvgIpc) is 2.60. The maximum atomic E-state index is 11.9. The predicted octanol–water partition coefficient (Wildman–Crippen LogP) is 3.23. The summed E-state index contributed by atoms with van der Waals surface area (Å²) >= 11 is 0. The summed E-state index contributed by atoms with van der Waals surface area (Å²) in [6.45, 7) is 2.19. The molecule has 124 valence electrons. The number of nitrogens with one attached hydrogen (secondary N) is 1. The third-order valence-corrected chi connectivity index (χ3v) is 3.28. The molecule has 1 aromatic heterocycles. The number of carbonyl (C=O) groups excluding carboxylic acids is 2. The third-order valence-electron chi connectivity index (χ3n) is 3.28. The number of rotatable bonds is 7. The molecule has 0 atom stereocenters. The first kappa shape index (κ1) is 17.4. The van der Waals surface area contributed by atoms with Gasteiger partial charge in [0.2, 0.25) is 5.91 Å². The van der Waals surface area contributed by atoms with Crippen LogP contribution in [0.25, 0.3) is 6.08 Å². The molecule has 0 spiro atoms. The van der Waals surface area contributed by atoms with Gasteiger partial charge in [-0.25, -0.2) is 0 Å². The molecule has 0 aliphatic carbocycles. The van der Waals surface area contributed by atoms with E-state index < -0.39 is 0 Å². The van der Waals surface area contributed by atoms with Crippen LogP contribution in [0, 0.1) is 0 Å². The number of benzene rings is 1. The second-order valence-electron chi connectivity index (χ2n) is 5.11. The topological polar surface area (TPSA) is 68.3 Å². The SMILES string of the molecule is CCOC(=O)CCc1ccc(NC(=O)C=Cc2ccncc2)cc1. The van der Waals surface area contributed by atoms with Crippen LogP contribution in [-0.2, 0) is 20.7 Å². The number of amides is 1. The van der Waals surface area contributed by atoms with Crippen molar-refractivity contribution in [2.75, 3.05) is 11.9 Å². The minimum atomic E-state index is -0.203. The smallest absolute Gasteiger partial charge is 0.306 e. The van der Waals surface area contributed by atoms with Gasteiger partial charge in [-0.3, -0.25) is 14.6 Å². The van der Waals surface area contributed by atoms with Crippen molar-refractivity contribution in [3.8, 4) is 0 Å². The van der Waals surface area contributed by atoms with Gasteiger partial charge < -0.3 is 10.1 Å². The lowest BCUT2D eigenvalue weighted by Crippen LogP contribution is -2.08. The molecule has 1 N–H and O–H groups in total. The standard InChI is InChI=1S/C19H20N2O3/c1-2-24-19(23)10-6-15-3-7-17(8-4-15)21-18(22)9-5-16-11-13-20-14-12-16/h3-5,7-9,11-14H,2,6,10H2,1H3,(H,21,22). The molecule has 0 bridgehead atoms. The molecular formula is C19H20N2O3.